The quantitative estimate of drug-likeness (QED) is 0.242. The van der Waals surface area contributed by atoms with Gasteiger partial charge in [0.15, 0.2) is 5.96 Å². The van der Waals surface area contributed by atoms with Crippen LogP contribution in [-0.2, 0) is 4.79 Å². The van der Waals surface area contributed by atoms with E-state index in [1.165, 1.54) is 51.7 Å². The van der Waals surface area contributed by atoms with Gasteiger partial charge < -0.3 is 20.4 Å². The minimum Gasteiger partial charge on any atom is -0.357 e. The molecule has 0 bridgehead atoms. The monoisotopic (exact) mass is 453 g/mol. The van der Waals surface area contributed by atoms with E-state index in [-0.39, 0.29) is 36.4 Å². The zero-order valence-corrected chi connectivity index (χ0v) is 18.0. The van der Waals surface area contributed by atoms with Crippen LogP contribution in [0, 0.1) is 0 Å². The first-order valence-electron chi connectivity index (χ1n) is 9.08. The Morgan fingerprint density at radius 3 is 2.42 bits per heavy atom. The first kappa shape index (κ1) is 23.4. The van der Waals surface area contributed by atoms with Gasteiger partial charge in [-0.25, -0.2) is 4.99 Å². The molecule has 0 aliphatic carbocycles. The number of likely N-dealkylation sites (N-methyl/N-ethyl adjacent to an activating group) is 1. The highest BCUT2D eigenvalue weighted by Gasteiger charge is 2.08. The second-order valence-corrected chi connectivity index (χ2v) is 6.37. The molecule has 1 heterocycles. The van der Waals surface area contributed by atoms with E-state index in [1.807, 2.05) is 6.92 Å². The zero-order valence-electron chi connectivity index (χ0n) is 15.6. The number of unbranched alkanes of at least 4 members (excludes halogenated alkanes) is 2. The number of amides is 1. The van der Waals surface area contributed by atoms with E-state index in [2.05, 4.69) is 20.5 Å². The predicted octanol–water partition coefficient (Wildman–Crippen LogP) is 1.90. The number of hydrogen-bond acceptors (Lipinski definition) is 3. The maximum absolute atomic E-state index is 11.6. The van der Waals surface area contributed by atoms with Crippen LogP contribution in [0.5, 0.6) is 0 Å². The molecule has 1 aliphatic heterocycles. The van der Waals surface area contributed by atoms with Crippen LogP contribution < -0.4 is 10.6 Å². The Balaban J connectivity index is 0.00000529. The molecule has 0 spiro atoms. The molecule has 0 aromatic rings. The third-order valence-electron chi connectivity index (χ3n) is 4.11. The lowest BCUT2D eigenvalue weighted by Crippen LogP contribution is -2.39. The van der Waals surface area contributed by atoms with Crippen molar-refractivity contribution in [1.82, 2.24) is 20.4 Å². The lowest BCUT2D eigenvalue weighted by atomic mass is 10.1. The van der Waals surface area contributed by atoms with Crippen molar-refractivity contribution >= 4 is 35.8 Å². The van der Waals surface area contributed by atoms with Crippen molar-refractivity contribution in [2.75, 3.05) is 53.4 Å². The van der Waals surface area contributed by atoms with Gasteiger partial charge in [-0.15, -0.1) is 24.0 Å². The summed E-state index contributed by atoms with van der Waals surface area (Å²) in [6.07, 6.45) is 7.79. The molecule has 142 valence electrons. The molecular formula is C17H36IN5O. The van der Waals surface area contributed by atoms with Crippen LogP contribution in [0.2, 0.25) is 0 Å². The Bertz CT molecular complexity index is 357. The number of carbonyl (C=O) groups is 1. The molecule has 1 saturated heterocycles. The third-order valence-corrected chi connectivity index (χ3v) is 4.11. The number of hydrogen-bond donors (Lipinski definition) is 2. The lowest BCUT2D eigenvalue weighted by molar-refractivity contribution is -0.127. The fourth-order valence-corrected chi connectivity index (χ4v) is 2.66. The van der Waals surface area contributed by atoms with Crippen LogP contribution in [0.3, 0.4) is 0 Å². The summed E-state index contributed by atoms with van der Waals surface area (Å²) in [5, 5.41) is 6.49. The van der Waals surface area contributed by atoms with Gasteiger partial charge in [-0.1, -0.05) is 12.8 Å². The molecule has 7 heteroatoms. The number of guanidine groups is 1. The SMILES string of the molecule is CCNC(=NCC(=O)N(C)C)NCCCCCN1CCCCC1.I. The first-order chi connectivity index (χ1) is 11.1. The van der Waals surface area contributed by atoms with E-state index in [1.54, 1.807) is 19.0 Å². The molecule has 1 rings (SSSR count). The predicted molar refractivity (Wildman–Crippen MR) is 112 cm³/mol. The average molecular weight is 453 g/mol. The maximum Gasteiger partial charge on any atom is 0.243 e. The Hall–Kier alpha value is -0.570. The Kier molecular flexibility index (Phi) is 14.4. The summed E-state index contributed by atoms with van der Waals surface area (Å²) in [6.45, 7) is 7.75. The summed E-state index contributed by atoms with van der Waals surface area (Å²) >= 11 is 0. The van der Waals surface area contributed by atoms with Gasteiger partial charge in [0.1, 0.15) is 6.54 Å². The van der Waals surface area contributed by atoms with E-state index < -0.39 is 0 Å². The smallest absolute Gasteiger partial charge is 0.243 e. The Morgan fingerprint density at radius 1 is 1.08 bits per heavy atom. The van der Waals surface area contributed by atoms with Gasteiger partial charge in [0, 0.05) is 27.2 Å². The van der Waals surface area contributed by atoms with E-state index in [4.69, 9.17) is 0 Å². The van der Waals surface area contributed by atoms with Crippen LogP contribution in [0.4, 0.5) is 0 Å². The second kappa shape index (κ2) is 14.7. The molecule has 2 N–H and O–H groups in total. The first-order valence-corrected chi connectivity index (χ1v) is 9.08. The van der Waals surface area contributed by atoms with Gasteiger partial charge in [-0.2, -0.15) is 0 Å². The van der Waals surface area contributed by atoms with Crippen molar-refractivity contribution in [2.45, 2.75) is 45.4 Å². The highest BCUT2D eigenvalue weighted by molar-refractivity contribution is 14.0. The fraction of sp³-hybridized carbons (Fsp3) is 0.882. The molecule has 6 nitrogen and oxygen atoms in total. The molecule has 0 radical (unpaired) electrons. The number of nitrogens with zero attached hydrogens (tertiary/aromatic N) is 3. The molecule has 1 aliphatic rings. The summed E-state index contributed by atoms with van der Waals surface area (Å²) in [7, 11) is 3.50. The minimum atomic E-state index is 0. The van der Waals surface area contributed by atoms with Crippen LogP contribution in [0.1, 0.15) is 45.4 Å². The number of halogens is 1. The molecule has 24 heavy (non-hydrogen) atoms. The van der Waals surface area contributed by atoms with Crippen molar-refractivity contribution in [2.24, 2.45) is 4.99 Å². The van der Waals surface area contributed by atoms with Crippen LogP contribution >= 0.6 is 24.0 Å². The van der Waals surface area contributed by atoms with Gasteiger partial charge in [0.25, 0.3) is 0 Å². The maximum atomic E-state index is 11.6. The fourth-order valence-electron chi connectivity index (χ4n) is 2.66. The number of piperidine rings is 1. The highest BCUT2D eigenvalue weighted by atomic mass is 127. The number of carbonyl (C=O) groups excluding carboxylic acids is 1. The number of rotatable bonds is 9. The van der Waals surface area contributed by atoms with Crippen molar-refractivity contribution in [3.8, 4) is 0 Å². The van der Waals surface area contributed by atoms with Gasteiger partial charge in [0.2, 0.25) is 5.91 Å². The van der Waals surface area contributed by atoms with Crippen molar-refractivity contribution in [3.63, 3.8) is 0 Å². The summed E-state index contributed by atoms with van der Waals surface area (Å²) in [5.41, 5.74) is 0. The van der Waals surface area contributed by atoms with Crippen molar-refractivity contribution in [1.29, 1.82) is 0 Å². The van der Waals surface area contributed by atoms with Gasteiger partial charge >= 0.3 is 0 Å². The molecule has 0 atom stereocenters. The van der Waals surface area contributed by atoms with Crippen LogP contribution in [-0.4, -0.2) is 75.0 Å². The molecule has 0 saturated carbocycles. The second-order valence-electron chi connectivity index (χ2n) is 6.37. The number of nitrogens with one attached hydrogen (secondary N) is 2. The molecule has 1 fully saturated rings. The van der Waals surface area contributed by atoms with Crippen LogP contribution in [0.25, 0.3) is 0 Å². The summed E-state index contributed by atoms with van der Waals surface area (Å²) in [4.78, 5) is 20.1. The lowest BCUT2D eigenvalue weighted by Gasteiger charge is -2.26. The number of aliphatic imine (C=N–C) groups is 1. The standard InChI is InChI=1S/C17H35N5O.HI/c1-4-18-17(20-15-16(23)21(2)3)19-11-7-5-8-12-22-13-9-6-10-14-22;/h4-15H2,1-3H3,(H2,18,19,20);1H. The molecule has 0 aromatic carbocycles. The largest absolute Gasteiger partial charge is 0.357 e. The van der Waals surface area contributed by atoms with E-state index in [0.29, 0.717) is 0 Å². The van der Waals surface area contributed by atoms with E-state index >= 15 is 0 Å². The highest BCUT2D eigenvalue weighted by Crippen LogP contribution is 2.09. The normalized spacial score (nSPS) is 15.5. The molecular weight excluding hydrogens is 417 g/mol. The summed E-state index contributed by atoms with van der Waals surface area (Å²) in [5.74, 6) is 0.752. The van der Waals surface area contributed by atoms with E-state index in [0.717, 1.165) is 25.5 Å². The molecule has 0 unspecified atom stereocenters. The van der Waals surface area contributed by atoms with E-state index in [9.17, 15) is 4.79 Å². The van der Waals surface area contributed by atoms with Crippen molar-refractivity contribution in [3.05, 3.63) is 0 Å². The minimum absolute atomic E-state index is 0. The van der Waals surface area contributed by atoms with Gasteiger partial charge in [-0.3, -0.25) is 4.79 Å². The van der Waals surface area contributed by atoms with Gasteiger partial charge in [0.05, 0.1) is 0 Å². The summed E-state index contributed by atoms with van der Waals surface area (Å²) in [6, 6.07) is 0. The molecule has 0 aromatic heterocycles. The third kappa shape index (κ3) is 11.1. The van der Waals surface area contributed by atoms with Crippen molar-refractivity contribution < 1.29 is 4.79 Å². The zero-order chi connectivity index (χ0) is 16.9. The number of likely N-dealkylation sites (tertiary alicyclic amines) is 1. The summed E-state index contributed by atoms with van der Waals surface area (Å²) < 4.78 is 0. The molecule has 1 amide bonds. The van der Waals surface area contributed by atoms with Gasteiger partial charge in [-0.05, 0) is 52.2 Å². The Labute approximate surface area is 164 Å². The topological polar surface area (TPSA) is 60.0 Å². The average Bonchev–Trinajstić information content (AvgIpc) is 2.56. The Morgan fingerprint density at radius 2 is 1.79 bits per heavy atom. The van der Waals surface area contributed by atoms with Crippen LogP contribution in [0.15, 0.2) is 4.99 Å².